The Labute approximate surface area is 130 Å². The number of nitrogens with zero attached hydrogens (tertiary/aromatic N) is 1. The second-order valence-electron chi connectivity index (χ2n) is 4.72. The Hall–Kier alpha value is -1.93. The molecule has 0 saturated carbocycles. The molecule has 0 aliphatic heterocycles. The maximum absolute atomic E-state index is 12.0. The van der Waals surface area contributed by atoms with Gasteiger partial charge in [-0.05, 0) is 24.6 Å². The Balaban J connectivity index is 2.90. The highest BCUT2D eigenvalue weighted by atomic mass is 32.2. The largest absolute Gasteiger partial charge is 0.478 e. The third-order valence-corrected chi connectivity index (χ3v) is 5.10. The molecule has 2 N–H and O–H groups in total. The van der Waals surface area contributed by atoms with Crippen LogP contribution in [0.4, 0.5) is 5.69 Å². The first-order valence-corrected chi connectivity index (χ1v) is 8.43. The Morgan fingerprint density at radius 2 is 1.82 bits per heavy atom. The van der Waals surface area contributed by atoms with Gasteiger partial charge in [0.15, 0.2) is 0 Å². The molecule has 0 aliphatic rings. The van der Waals surface area contributed by atoms with Crippen molar-refractivity contribution in [1.82, 2.24) is 4.31 Å². The molecule has 0 aromatic heterocycles. The first-order chi connectivity index (χ1) is 10.2. The number of carbonyl (C=O) groups excluding carboxylic acids is 1. The Kier molecular flexibility index (Phi) is 6.07. The van der Waals surface area contributed by atoms with Crippen LogP contribution in [0.25, 0.3) is 0 Å². The minimum Gasteiger partial charge on any atom is -0.478 e. The van der Waals surface area contributed by atoms with Crippen LogP contribution in [0, 0.1) is 6.92 Å². The molecule has 1 amide bonds. The minimum atomic E-state index is -3.68. The van der Waals surface area contributed by atoms with Gasteiger partial charge in [-0.1, -0.05) is 19.9 Å². The van der Waals surface area contributed by atoms with E-state index in [1.807, 2.05) is 0 Å². The van der Waals surface area contributed by atoms with Gasteiger partial charge in [-0.25, -0.2) is 17.5 Å². The van der Waals surface area contributed by atoms with Crippen LogP contribution in [0.3, 0.4) is 0 Å². The first kappa shape index (κ1) is 18.1. The zero-order chi connectivity index (χ0) is 16.9. The summed E-state index contributed by atoms with van der Waals surface area (Å²) in [5.74, 6) is -2.49. The van der Waals surface area contributed by atoms with Crippen LogP contribution in [0.5, 0.6) is 0 Å². The summed E-state index contributed by atoms with van der Waals surface area (Å²) in [6, 6.07) is 4.28. The number of aromatic carboxylic acids is 1. The number of carbonyl (C=O) groups is 2. The van der Waals surface area contributed by atoms with Crippen LogP contribution in [0.15, 0.2) is 18.2 Å². The number of hydrogen-bond acceptors (Lipinski definition) is 4. The SMILES string of the molecule is CCN(CC)S(=O)(=O)CC(=O)Nc1cc(C(=O)O)ccc1C. The quantitative estimate of drug-likeness (QED) is 0.785. The molecule has 1 rings (SSSR count). The number of sulfonamides is 1. The highest BCUT2D eigenvalue weighted by Crippen LogP contribution is 2.17. The Bertz CT molecular complexity index is 666. The lowest BCUT2D eigenvalue weighted by Crippen LogP contribution is -2.37. The smallest absolute Gasteiger partial charge is 0.335 e. The zero-order valence-corrected chi connectivity index (χ0v) is 13.6. The third kappa shape index (κ3) is 4.54. The lowest BCUT2D eigenvalue weighted by atomic mass is 10.1. The fourth-order valence-corrected chi connectivity index (χ4v) is 3.32. The van der Waals surface area contributed by atoms with E-state index in [-0.39, 0.29) is 5.56 Å². The molecule has 8 heteroatoms. The minimum absolute atomic E-state index is 0.0208. The average Bonchev–Trinajstić information content (AvgIpc) is 2.41. The van der Waals surface area contributed by atoms with Crippen LogP contribution >= 0.6 is 0 Å². The number of anilines is 1. The summed E-state index contributed by atoms with van der Waals surface area (Å²) < 4.78 is 25.3. The van der Waals surface area contributed by atoms with Crippen molar-refractivity contribution in [1.29, 1.82) is 0 Å². The van der Waals surface area contributed by atoms with Gasteiger partial charge >= 0.3 is 5.97 Å². The number of hydrogen-bond donors (Lipinski definition) is 2. The molecule has 22 heavy (non-hydrogen) atoms. The van der Waals surface area contributed by atoms with Crippen LogP contribution in [0.1, 0.15) is 29.8 Å². The molecule has 0 bridgehead atoms. The summed E-state index contributed by atoms with van der Waals surface area (Å²) >= 11 is 0. The van der Waals surface area contributed by atoms with Gasteiger partial charge in [-0.3, -0.25) is 4.79 Å². The summed E-state index contributed by atoms with van der Waals surface area (Å²) in [5, 5.41) is 11.4. The molecule has 0 unspecified atom stereocenters. The fraction of sp³-hybridized carbons (Fsp3) is 0.429. The van der Waals surface area contributed by atoms with E-state index >= 15 is 0 Å². The molecule has 7 nitrogen and oxygen atoms in total. The highest BCUT2D eigenvalue weighted by Gasteiger charge is 2.23. The standard InChI is InChI=1S/C14H20N2O5S/c1-4-16(5-2)22(20,21)9-13(17)15-12-8-11(14(18)19)7-6-10(12)3/h6-8H,4-5,9H2,1-3H3,(H,15,17)(H,18,19). The van der Waals surface area contributed by atoms with Crippen molar-refractivity contribution in [2.75, 3.05) is 24.2 Å². The maximum atomic E-state index is 12.0. The van der Waals surface area contributed by atoms with Crippen LogP contribution in [0.2, 0.25) is 0 Å². The molecule has 0 aliphatic carbocycles. The zero-order valence-electron chi connectivity index (χ0n) is 12.8. The van der Waals surface area contributed by atoms with Crippen molar-refractivity contribution >= 4 is 27.6 Å². The van der Waals surface area contributed by atoms with Crippen molar-refractivity contribution in [2.45, 2.75) is 20.8 Å². The molecule has 0 spiro atoms. The first-order valence-electron chi connectivity index (χ1n) is 6.82. The average molecular weight is 328 g/mol. The number of amides is 1. The van der Waals surface area contributed by atoms with Gasteiger partial charge in [0.25, 0.3) is 0 Å². The molecule has 0 fully saturated rings. The van der Waals surface area contributed by atoms with E-state index in [2.05, 4.69) is 5.32 Å². The van der Waals surface area contributed by atoms with Crippen LogP contribution in [-0.2, 0) is 14.8 Å². The van der Waals surface area contributed by atoms with Crippen LogP contribution in [-0.4, -0.2) is 48.5 Å². The molecule has 0 atom stereocenters. The molecule has 0 saturated heterocycles. The van der Waals surface area contributed by atoms with E-state index in [9.17, 15) is 18.0 Å². The number of nitrogens with one attached hydrogen (secondary N) is 1. The van der Waals surface area contributed by atoms with Crippen molar-refractivity contribution in [3.8, 4) is 0 Å². The van der Waals surface area contributed by atoms with Crippen molar-refractivity contribution < 1.29 is 23.1 Å². The fourth-order valence-electron chi connectivity index (χ4n) is 1.95. The van der Waals surface area contributed by atoms with Gasteiger partial charge in [0, 0.05) is 18.8 Å². The second-order valence-corrected chi connectivity index (χ2v) is 6.69. The van der Waals surface area contributed by atoms with Gasteiger partial charge in [-0.15, -0.1) is 0 Å². The molecule has 0 heterocycles. The van der Waals surface area contributed by atoms with Gasteiger partial charge in [-0.2, -0.15) is 0 Å². The number of carboxylic acid groups (broad SMARTS) is 1. The second kappa shape index (κ2) is 7.37. The van der Waals surface area contributed by atoms with Crippen molar-refractivity contribution in [3.63, 3.8) is 0 Å². The van der Waals surface area contributed by atoms with E-state index in [0.717, 1.165) is 0 Å². The molecule has 0 radical (unpaired) electrons. The van der Waals surface area contributed by atoms with Gasteiger partial charge < -0.3 is 10.4 Å². The monoisotopic (exact) mass is 328 g/mol. The summed E-state index contributed by atoms with van der Waals surface area (Å²) in [6.45, 7) is 5.66. The van der Waals surface area contributed by atoms with E-state index in [0.29, 0.717) is 24.3 Å². The topological polar surface area (TPSA) is 104 Å². The molecule has 1 aromatic rings. The predicted molar refractivity (Wildman–Crippen MR) is 83.5 cm³/mol. The normalized spacial score (nSPS) is 11.5. The van der Waals surface area contributed by atoms with Crippen molar-refractivity contribution in [3.05, 3.63) is 29.3 Å². The van der Waals surface area contributed by atoms with E-state index in [4.69, 9.17) is 5.11 Å². The molecular formula is C14H20N2O5S. The van der Waals surface area contributed by atoms with Gasteiger partial charge in [0.1, 0.15) is 5.75 Å². The van der Waals surface area contributed by atoms with Crippen LogP contribution < -0.4 is 5.32 Å². The van der Waals surface area contributed by atoms with E-state index in [1.165, 1.54) is 16.4 Å². The van der Waals surface area contributed by atoms with E-state index < -0.39 is 27.7 Å². The summed E-state index contributed by atoms with van der Waals surface area (Å²) in [6.07, 6.45) is 0. The molecule has 1 aromatic carbocycles. The molecule has 122 valence electrons. The number of benzene rings is 1. The number of rotatable bonds is 7. The van der Waals surface area contributed by atoms with E-state index in [1.54, 1.807) is 26.8 Å². The number of carboxylic acids is 1. The Morgan fingerprint density at radius 3 is 2.32 bits per heavy atom. The lowest BCUT2D eigenvalue weighted by molar-refractivity contribution is -0.113. The van der Waals surface area contributed by atoms with Gasteiger partial charge in [0.05, 0.1) is 5.56 Å². The van der Waals surface area contributed by atoms with Crippen molar-refractivity contribution in [2.24, 2.45) is 0 Å². The molecular weight excluding hydrogens is 308 g/mol. The summed E-state index contributed by atoms with van der Waals surface area (Å²) in [5.41, 5.74) is 0.964. The van der Waals surface area contributed by atoms with Gasteiger partial charge in [0.2, 0.25) is 15.9 Å². The third-order valence-electron chi connectivity index (χ3n) is 3.17. The predicted octanol–water partition coefficient (Wildman–Crippen LogP) is 1.30. The lowest BCUT2D eigenvalue weighted by Gasteiger charge is -2.18. The summed E-state index contributed by atoms with van der Waals surface area (Å²) in [4.78, 5) is 22.9. The summed E-state index contributed by atoms with van der Waals surface area (Å²) in [7, 11) is -3.68. The Morgan fingerprint density at radius 1 is 1.23 bits per heavy atom. The number of aryl methyl sites for hydroxylation is 1. The highest BCUT2D eigenvalue weighted by molar-refractivity contribution is 7.89. The maximum Gasteiger partial charge on any atom is 0.335 e.